The Hall–Kier alpha value is -1.31. The predicted octanol–water partition coefficient (Wildman–Crippen LogP) is 1.28. The van der Waals surface area contributed by atoms with Crippen LogP contribution >= 0.6 is 0 Å². The SMILES string of the molecule is O=C(O)CC1CCN(C(=O)COCC(F)(F)F)CC1. The van der Waals surface area contributed by atoms with E-state index in [-0.39, 0.29) is 12.3 Å². The Balaban J connectivity index is 2.23. The molecule has 110 valence electrons. The normalized spacial score (nSPS) is 17.5. The maximum atomic E-state index is 11.8. The largest absolute Gasteiger partial charge is 0.481 e. The van der Waals surface area contributed by atoms with Crippen molar-refractivity contribution in [3.8, 4) is 0 Å². The number of halogens is 3. The van der Waals surface area contributed by atoms with Gasteiger partial charge < -0.3 is 14.7 Å². The van der Waals surface area contributed by atoms with Crippen LogP contribution in [0.5, 0.6) is 0 Å². The summed E-state index contributed by atoms with van der Waals surface area (Å²) in [5.74, 6) is -1.34. The van der Waals surface area contributed by atoms with Gasteiger partial charge in [0.2, 0.25) is 5.91 Å². The number of rotatable bonds is 5. The van der Waals surface area contributed by atoms with Crippen molar-refractivity contribution < 1.29 is 32.6 Å². The summed E-state index contributed by atoms with van der Waals surface area (Å²) in [6.07, 6.45) is -3.27. The summed E-state index contributed by atoms with van der Waals surface area (Å²) in [5, 5.41) is 8.63. The second kappa shape index (κ2) is 6.74. The van der Waals surface area contributed by atoms with Crippen molar-refractivity contribution in [1.82, 2.24) is 4.90 Å². The number of piperidine rings is 1. The minimum Gasteiger partial charge on any atom is -0.481 e. The van der Waals surface area contributed by atoms with Crippen molar-refractivity contribution in [2.24, 2.45) is 5.92 Å². The molecule has 1 fully saturated rings. The quantitative estimate of drug-likeness (QED) is 0.825. The van der Waals surface area contributed by atoms with E-state index < -0.39 is 31.3 Å². The number of carbonyl (C=O) groups excluding carboxylic acids is 1. The number of ether oxygens (including phenoxy) is 1. The van der Waals surface area contributed by atoms with Crippen LogP contribution in [0, 0.1) is 5.92 Å². The molecule has 0 aromatic carbocycles. The fourth-order valence-electron chi connectivity index (χ4n) is 1.98. The van der Waals surface area contributed by atoms with Crippen LogP contribution in [0.15, 0.2) is 0 Å². The number of likely N-dealkylation sites (tertiary alicyclic amines) is 1. The third kappa shape index (κ3) is 6.42. The zero-order valence-electron chi connectivity index (χ0n) is 10.3. The molecule has 5 nitrogen and oxygen atoms in total. The number of aliphatic carboxylic acids is 1. The minimum atomic E-state index is -4.44. The fourth-order valence-corrected chi connectivity index (χ4v) is 1.98. The lowest BCUT2D eigenvalue weighted by Crippen LogP contribution is -2.41. The Morgan fingerprint density at radius 2 is 1.84 bits per heavy atom. The van der Waals surface area contributed by atoms with E-state index in [0.717, 1.165) is 0 Å². The molecular formula is C11H16F3NO4. The van der Waals surface area contributed by atoms with Gasteiger partial charge in [-0.2, -0.15) is 13.2 Å². The molecule has 1 amide bonds. The summed E-state index contributed by atoms with van der Waals surface area (Å²) in [4.78, 5) is 23.5. The number of hydrogen-bond acceptors (Lipinski definition) is 3. The zero-order valence-corrected chi connectivity index (χ0v) is 10.3. The molecule has 0 bridgehead atoms. The smallest absolute Gasteiger partial charge is 0.411 e. The molecule has 0 saturated carbocycles. The zero-order chi connectivity index (χ0) is 14.5. The molecule has 1 aliphatic heterocycles. The number of carboxylic acid groups (broad SMARTS) is 1. The first-order valence-corrected chi connectivity index (χ1v) is 5.92. The van der Waals surface area contributed by atoms with Gasteiger partial charge in [-0.3, -0.25) is 9.59 Å². The van der Waals surface area contributed by atoms with Crippen molar-refractivity contribution in [1.29, 1.82) is 0 Å². The van der Waals surface area contributed by atoms with Gasteiger partial charge in [-0.05, 0) is 18.8 Å². The van der Waals surface area contributed by atoms with Gasteiger partial charge in [-0.25, -0.2) is 0 Å². The molecule has 1 aliphatic rings. The van der Waals surface area contributed by atoms with Crippen LogP contribution < -0.4 is 0 Å². The molecule has 8 heteroatoms. The molecule has 19 heavy (non-hydrogen) atoms. The highest BCUT2D eigenvalue weighted by molar-refractivity contribution is 5.77. The maximum absolute atomic E-state index is 11.8. The number of alkyl halides is 3. The monoisotopic (exact) mass is 283 g/mol. The van der Waals surface area contributed by atoms with E-state index in [1.165, 1.54) is 4.90 Å². The lowest BCUT2D eigenvalue weighted by atomic mass is 9.94. The molecule has 1 rings (SSSR count). The van der Waals surface area contributed by atoms with Crippen molar-refractivity contribution in [3.63, 3.8) is 0 Å². The van der Waals surface area contributed by atoms with Crippen molar-refractivity contribution in [3.05, 3.63) is 0 Å². The van der Waals surface area contributed by atoms with Gasteiger partial charge in [0, 0.05) is 19.5 Å². The molecule has 1 N–H and O–H groups in total. The van der Waals surface area contributed by atoms with Crippen LogP contribution in [0.1, 0.15) is 19.3 Å². The summed E-state index contributed by atoms with van der Waals surface area (Å²) in [6.45, 7) is -1.30. The lowest BCUT2D eigenvalue weighted by molar-refractivity contribution is -0.178. The van der Waals surface area contributed by atoms with Crippen LogP contribution in [0.2, 0.25) is 0 Å². The molecule has 0 aromatic rings. The van der Waals surface area contributed by atoms with Crippen molar-refractivity contribution >= 4 is 11.9 Å². The highest BCUT2D eigenvalue weighted by Gasteiger charge is 2.29. The standard InChI is InChI=1S/C11H16F3NO4/c12-11(13,14)7-19-6-9(16)15-3-1-8(2-4-15)5-10(17)18/h8H,1-7H2,(H,17,18). The first-order valence-electron chi connectivity index (χ1n) is 5.92. The van der Waals surface area contributed by atoms with Gasteiger partial charge in [-0.1, -0.05) is 0 Å². The molecule has 0 unspecified atom stereocenters. The topological polar surface area (TPSA) is 66.8 Å². The molecule has 1 saturated heterocycles. The van der Waals surface area contributed by atoms with E-state index in [1.807, 2.05) is 0 Å². The molecule has 0 atom stereocenters. The van der Waals surface area contributed by atoms with Gasteiger partial charge in [0.25, 0.3) is 0 Å². The van der Waals surface area contributed by atoms with Gasteiger partial charge in [0.05, 0.1) is 0 Å². The maximum Gasteiger partial charge on any atom is 0.411 e. The molecule has 0 radical (unpaired) electrons. The molecule has 0 spiro atoms. The summed E-state index contributed by atoms with van der Waals surface area (Å²) in [6, 6.07) is 0. The average Bonchev–Trinajstić information content (AvgIpc) is 2.27. The van der Waals surface area contributed by atoms with Crippen LogP contribution in [-0.4, -0.2) is 54.4 Å². The van der Waals surface area contributed by atoms with E-state index in [1.54, 1.807) is 0 Å². The fraction of sp³-hybridized carbons (Fsp3) is 0.818. The number of nitrogens with zero attached hydrogens (tertiary/aromatic N) is 1. The summed E-state index contributed by atoms with van der Waals surface area (Å²) in [7, 11) is 0. The lowest BCUT2D eigenvalue weighted by Gasteiger charge is -2.31. The average molecular weight is 283 g/mol. The van der Waals surface area contributed by atoms with Gasteiger partial charge in [0.1, 0.15) is 13.2 Å². The summed E-state index contributed by atoms with van der Waals surface area (Å²) < 4.78 is 39.7. The number of amides is 1. The Bertz CT molecular complexity index is 324. The molecule has 0 aromatic heterocycles. The van der Waals surface area contributed by atoms with E-state index in [4.69, 9.17) is 5.11 Å². The third-order valence-corrected chi connectivity index (χ3v) is 2.92. The Labute approximate surface area is 108 Å². The first kappa shape index (κ1) is 15.7. The van der Waals surface area contributed by atoms with Crippen LogP contribution in [0.4, 0.5) is 13.2 Å². The predicted molar refractivity (Wildman–Crippen MR) is 58.4 cm³/mol. The second-order valence-electron chi connectivity index (χ2n) is 4.53. The first-order chi connectivity index (χ1) is 8.78. The van der Waals surface area contributed by atoms with Gasteiger partial charge in [0.15, 0.2) is 0 Å². The molecular weight excluding hydrogens is 267 g/mol. The Morgan fingerprint density at radius 1 is 1.26 bits per heavy atom. The summed E-state index contributed by atoms with van der Waals surface area (Å²) >= 11 is 0. The van der Waals surface area contributed by atoms with E-state index >= 15 is 0 Å². The third-order valence-electron chi connectivity index (χ3n) is 2.92. The summed E-state index contributed by atoms with van der Waals surface area (Å²) in [5.41, 5.74) is 0. The minimum absolute atomic E-state index is 0.0256. The van der Waals surface area contributed by atoms with Gasteiger partial charge >= 0.3 is 12.1 Å². The van der Waals surface area contributed by atoms with E-state index in [2.05, 4.69) is 4.74 Å². The van der Waals surface area contributed by atoms with Crippen molar-refractivity contribution in [2.75, 3.05) is 26.3 Å². The highest BCUT2D eigenvalue weighted by atomic mass is 19.4. The highest BCUT2D eigenvalue weighted by Crippen LogP contribution is 2.20. The number of carboxylic acids is 1. The number of carbonyl (C=O) groups is 2. The van der Waals surface area contributed by atoms with E-state index in [0.29, 0.717) is 25.9 Å². The van der Waals surface area contributed by atoms with Crippen LogP contribution in [0.3, 0.4) is 0 Å². The Kier molecular flexibility index (Phi) is 5.59. The second-order valence-corrected chi connectivity index (χ2v) is 4.53. The van der Waals surface area contributed by atoms with Crippen LogP contribution in [-0.2, 0) is 14.3 Å². The molecule has 1 heterocycles. The van der Waals surface area contributed by atoms with Crippen molar-refractivity contribution in [2.45, 2.75) is 25.4 Å². The van der Waals surface area contributed by atoms with Crippen LogP contribution in [0.25, 0.3) is 0 Å². The van der Waals surface area contributed by atoms with Gasteiger partial charge in [-0.15, -0.1) is 0 Å². The molecule has 0 aliphatic carbocycles. The number of hydrogen-bond donors (Lipinski definition) is 1. The van der Waals surface area contributed by atoms with E-state index in [9.17, 15) is 22.8 Å². The Morgan fingerprint density at radius 3 is 2.32 bits per heavy atom.